The second-order valence-electron chi connectivity index (χ2n) is 4.82. The molecule has 0 amide bonds. The molecule has 2 fully saturated rings. The molecule has 1 saturated carbocycles. The summed E-state index contributed by atoms with van der Waals surface area (Å²) >= 11 is 0. The zero-order valence-corrected chi connectivity index (χ0v) is 10.5. The first-order chi connectivity index (χ1) is 5.70. The Balaban J connectivity index is 0.000000845. The van der Waals surface area contributed by atoms with E-state index in [9.17, 15) is 0 Å². The van der Waals surface area contributed by atoms with Gasteiger partial charge >= 0.3 is 0 Å². The van der Waals surface area contributed by atoms with E-state index in [0.717, 1.165) is 12.0 Å². The fourth-order valence-corrected chi connectivity index (χ4v) is 2.46. The fraction of sp³-hybridized carbons (Fsp3) is 1.00. The van der Waals surface area contributed by atoms with Gasteiger partial charge in [-0.15, -0.1) is 24.8 Å². The molecule has 0 aromatic carbocycles. The van der Waals surface area contributed by atoms with Crippen molar-refractivity contribution in [1.29, 1.82) is 0 Å². The van der Waals surface area contributed by atoms with Crippen LogP contribution in [0, 0.1) is 5.41 Å². The van der Waals surface area contributed by atoms with E-state index in [2.05, 4.69) is 11.8 Å². The standard InChI is InChI=1S/C10H20N2.2ClH/c1-9(11)7-12-6-2-3-10(8-12)4-5-10;;/h9H,2-8,11H2,1H3;2*1H. The van der Waals surface area contributed by atoms with Crippen molar-refractivity contribution in [2.24, 2.45) is 11.1 Å². The van der Waals surface area contributed by atoms with E-state index in [1.165, 1.54) is 38.8 Å². The molecule has 2 nitrogen and oxygen atoms in total. The van der Waals surface area contributed by atoms with E-state index in [0.29, 0.717) is 6.04 Å². The summed E-state index contributed by atoms with van der Waals surface area (Å²) in [7, 11) is 0. The van der Waals surface area contributed by atoms with E-state index in [1.807, 2.05) is 0 Å². The summed E-state index contributed by atoms with van der Waals surface area (Å²) in [5.41, 5.74) is 6.55. The minimum atomic E-state index is 0. The van der Waals surface area contributed by atoms with Crippen LogP contribution in [0.4, 0.5) is 0 Å². The lowest BCUT2D eigenvalue weighted by Crippen LogP contribution is -2.42. The first-order valence-corrected chi connectivity index (χ1v) is 5.18. The molecule has 1 unspecified atom stereocenters. The van der Waals surface area contributed by atoms with Gasteiger partial charge in [0, 0.05) is 19.1 Å². The van der Waals surface area contributed by atoms with Crippen LogP contribution in [0.5, 0.6) is 0 Å². The lowest BCUT2D eigenvalue weighted by atomic mass is 9.95. The number of nitrogens with two attached hydrogens (primary N) is 1. The Morgan fingerprint density at radius 1 is 1.29 bits per heavy atom. The van der Waals surface area contributed by atoms with E-state index >= 15 is 0 Å². The van der Waals surface area contributed by atoms with Gasteiger partial charge < -0.3 is 10.6 Å². The number of piperidine rings is 1. The molecule has 4 heteroatoms. The van der Waals surface area contributed by atoms with Crippen LogP contribution in [0.15, 0.2) is 0 Å². The van der Waals surface area contributed by atoms with Crippen LogP contribution in [0.2, 0.25) is 0 Å². The molecule has 0 radical (unpaired) electrons. The van der Waals surface area contributed by atoms with Gasteiger partial charge in [0.05, 0.1) is 0 Å². The molecule has 0 aromatic rings. The highest BCUT2D eigenvalue weighted by atomic mass is 35.5. The van der Waals surface area contributed by atoms with Crippen molar-refractivity contribution in [2.75, 3.05) is 19.6 Å². The third-order valence-corrected chi connectivity index (χ3v) is 3.24. The largest absolute Gasteiger partial charge is 0.327 e. The zero-order chi connectivity index (χ0) is 8.60. The van der Waals surface area contributed by atoms with E-state index < -0.39 is 0 Å². The van der Waals surface area contributed by atoms with Crippen molar-refractivity contribution < 1.29 is 0 Å². The summed E-state index contributed by atoms with van der Waals surface area (Å²) in [5, 5.41) is 0. The highest BCUT2D eigenvalue weighted by molar-refractivity contribution is 5.85. The van der Waals surface area contributed by atoms with E-state index in [-0.39, 0.29) is 24.8 Å². The molecule has 0 bridgehead atoms. The Bertz CT molecular complexity index is 170. The lowest BCUT2D eigenvalue weighted by Gasteiger charge is -2.33. The Morgan fingerprint density at radius 2 is 1.93 bits per heavy atom. The van der Waals surface area contributed by atoms with Gasteiger partial charge in [0.15, 0.2) is 0 Å². The molecule has 2 rings (SSSR count). The molecule has 1 spiro atoms. The van der Waals surface area contributed by atoms with Crippen LogP contribution in [-0.2, 0) is 0 Å². The molecule has 1 saturated heterocycles. The average molecular weight is 241 g/mol. The first kappa shape index (κ1) is 14.5. The SMILES string of the molecule is CC(N)CN1CCCC2(CC2)C1.Cl.Cl. The third-order valence-electron chi connectivity index (χ3n) is 3.24. The van der Waals surface area contributed by atoms with Gasteiger partial charge in [-0.3, -0.25) is 0 Å². The number of likely N-dealkylation sites (tertiary alicyclic amines) is 1. The Hall–Kier alpha value is 0.500. The maximum Gasteiger partial charge on any atom is 0.0139 e. The van der Waals surface area contributed by atoms with Gasteiger partial charge in [-0.05, 0) is 44.6 Å². The topological polar surface area (TPSA) is 29.3 Å². The van der Waals surface area contributed by atoms with Gasteiger partial charge in [-0.25, -0.2) is 0 Å². The Morgan fingerprint density at radius 3 is 2.43 bits per heavy atom. The summed E-state index contributed by atoms with van der Waals surface area (Å²) in [5.74, 6) is 0. The Labute approximate surface area is 99.4 Å². The highest BCUT2D eigenvalue weighted by Gasteiger charge is 2.45. The van der Waals surface area contributed by atoms with Crippen LogP contribution in [-0.4, -0.2) is 30.6 Å². The monoisotopic (exact) mass is 240 g/mol. The number of rotatable bonds is 2. The quantitative estimate of drug-likeness (QED) is 0.801. The van der Waals surface area contributed by atoms with Crippen LogP contribution in [0.25, 0.3) is 0 Å². The molecular weight excluding hydrogens is 219 g/mol. The van der Waals surface area contributed by atoms with Crippen LogP contribution >= 0.6 is 24.8 Å². The molecule has 2 aliphatic rings. The molecule has 1 aliphatic heterocycles. The predicted molar refractivity (Wildman–Crippen MR) is 65.5 cm³/mol. The maximum absolute atomic E-state index is 5.79. The molecule has 2 N–H and O–H groups in total. The van der Waals surface area contributed by atoms with Gasteiger partial charge in [-0.2, -0.15) is 0 Å². The molecule has 0 aromatic heterocycles. The fourth-order valence-electron chi connectivity index (χ4n) is 2.46. The first-order valence-electron chi connectivity index (χ1n) is 5.18. The third kappa shape index (κ3) is 3.58. The van der Waals surface area contributed by atoms with E-state index in [4.69, 9.17) is 5.73 Å². The van der Waals surface area contributed by atoms with Crippen molar-refractivity contribution in [3.8, 4) is 0 Å². The minimum absolute atomic E-state index is 0. The average Bonchev–Trinajstić information content (AvgIpc) is 2.68. The summed E-state index contributed by atoms with van der Waals surface area (Å²) in [6.07, 6.45) is 5.82. The van der Waals surface area contributed by atoms with Crippen molar-refractivity contribution in [1.82, 2.24) is 4.90 Å². The number of hydrogen-bond acceptors (Lipinski definition) is 2. The van der Waals surface area contributed by atoms with E-state index in [1.54, 1.807) is 0 Å². The Kier molecular flexibility index (Phi) is 5.75. The molecule has 1 aliphatic carbocycles. The molecule has 1 atom stereocenters. The molecule has 14 heavy (non-hydrogen) atoms. The van der Waals surface area contributed by atoms with Gasteiger partial charge in [0.25, 0.3) is 0 Å². The van der Waals surface area contributed by atoms with Crippen LogP contribution < -0.4 is 5.73 Å². The van der Waals surface area contributed by atoms with Crippen LogP contribution in [0.1, 0.15) is 32.6 Å². The second kappa shape index (κ2) is 5.55. The molecule has 1 heterocycles. The van der Waals surface area contributed by atoms with Crippen molar-refractivity contribution in [3.63, 3.8) is 0 Å². The van der Waals surface area contributed by atoms with Gasteiger partial charge in [-0.1, -0.05) is 0 Å². The van der Waals surface area contributed by atoms with Crippen molar-refractivity contribution in [3.05, 3.63) is 0 Å². The predicted octanol–water partition coefficient (Wildman–Crippen LogP) is 2.05. The van der Waals surface area contributed by atoms with Gasteiger partial charge in [0.2, 0.25) is 0 Å². The second-order valence-corrected chi connectivity index (χ2v) is 4.82. The number of halogens is 2. The zero-order valence-electron chi connectivity index (χ0n) is 8.87. The summed E-state index contributed by atoms with van der Waals surface area (Å²) in [6.45, 7) is 5.81. The van der Waals surface area contributed by atoms with Crippen molar-refractivity contribution >= 4 is 24.8 Å². The summed E-state index contributed by atoms with van der Waals surface area (Å²) in [6, 6.07) is 0.346. The highest BCUT2D eigenvalue weighted by Crippen LogP contribution is 2.51. The molecule has 86 valence electrons. The number of nitrogens with zero attached hydrogens (tertiary/aromatic N) is 1. The van der Waals surface area contributed by atoms with Crippen molar-refractivity contribution in [2.45, 2.75) is 38.6 Å². The maximum atomic E-state index is 5.79. The van der Waals surface area contributed by atoms with Crippen LogP contribution in [0.3, 0.4) is 0 Å². The lowest BCUT2D eigenvalue weighted by molar-refractivity contribution is 0.155. The summed E-state index contributed by atoms with van der Waals surface area (Å²) < 4.78 is 0. The molecular formula is C10H22Cl2N2. The normalized spacial score (nSPS) is 26.1. The smallest absolute Gasteiger partial charge is 0.0139 e. The number of hydrogen-bond donors (Lipinski definition) is 1. The van der Waals surface area contributed by atoms with Gasteiger partial charge in [0.1, 0.15) is 0 Å². The summed E-state index contributed by atoms with van der Waals surface area (Å²) in [4.78, 5) is 2.56. The minimum Gasteiger partial charge on any atom is -0.327 e.